The van der Waals surface area contributed by atoms with E-state index in [0.29, 0.717) is 41.9 Å². The lowest BCUT2D eigenvalue weighted by atomic mass is 10.0. The maximum absolute atomic E-state index is 12.4. The van der Waals surface area contributed by atoms with Gasteiger partial charge in [-0.1, -0.05) is 11.6 Å². The average Bonchev–Trinajstić information content (AvgIpc) is 2.54. The van der Waals surface area contributed by atoms with Crippen molar-refractivity contribution in [3.05, 3.63) is 28.8 Å². The molecule has 1 fully saturated rings. The maximum Gasteiger partial charge on any atom is 0.255 e. The second-order valence-electron chi connectivity index (χ2n) is 5.40. The van der Waals surface area contributed by atoms with Gasteiger partial charge in [0.15, 0.2) is 0 Å². The first-order valence-electron chi connectivity index (χ1n) is 7.69. The summed E-state index contributed by atoms with van der Waals surface area (Å²) in [6, 6.07) is 5.06. The number of nitrogens with two attached hydrogens (primary N) is 1. The lowest BCUT2D eigenvalue weighted by Gasteiger charge is -2.22. The molecular weight excluding hydrogens is 304 g/mol. The predicted octanol–water partition coefficient (Wildman–Crippen LogP) is 2.22. The van der Waals surface area contributed by atoms with Crippen LogP contribution >= 0.6 is 11.6 Å². The first-order chi connectivity index (χ1) is 10.7. The van der Waals surface area contributed by atoms with Gasteiger partial charge < -0.3 is 20.5 Å². The molecule has 0 aliphatic carbocycles. The third-order valence-electron chi connectivity index (χ3n) is 3.69. The molecule has 0 bridgehead atoms. The minimum Gasteiger partial charge on any atom is -0.493 e. The van der Waals surface area contributed by atoms with Crippen LogP contribution in [-0.4, -0.2) is 38.8 Å². The fraction of sp³-hybridized carbons (Fsp3) is 0.562. The van der Waals surface area contributed by atoms with Gasteiger partial charge in [0.05, 0.1) is 12.2 Å². The molecule has 3 N–H and O–H groups in total. The molecular formula is C16H23ClN2O3. The van der Waals surface area contributed by atoms with E-state index in [1.54, 1.807) is 18.2 Å². The fourth-order valence-electron chi connectivity index (χ4n) is 2.35. The van der Waals surface area contributed by atoms with Crippen LogP contribution in [0.15, 0.2) is 18.2 Å². The van der Waals surface area contributed by atoms with Crippen LogP contribution in [0.25, 0.3) is 0 Å². The van der Waals surface area contributed by atoms with E-state index in [4.69, 9.17) is 26.8 Å². The number of benzene rings is 1. The second kappa shape index (κ2) is 8.98. The molecule has 0 saturated carbocycles. The van der Waals surface area contributed by atoms with E-state index in [1.807, 2.05) is 0 Å². The standard InChI is InChI=1S/C16H23ClN2O3/c17-13-2-3-14(15(10-13)22-7-1-6-18)16(20)19-11-12-4-8-21-9-5-12/h2-3,10,12H,1,4-9,11,18H2,(H,19,20). The molecule has 1 aliphatic heterocycles. The van der Waals surface area contributed by atoms with Crippen molar-refractivity contribution in [1.82, 2.24) is 5.32 Å². The second-order valence-corrected chi connectivity index (χ2v) is 5.83. The first-order valence-corrected chi connectivity index (χ1v) is 8.07. The Kier molecular flexibility index (Phi) is 6.96. The van der Waals surface area contributed by atoms with E-state index in [0.717, 1.165) is 32.5 Å². The minimum absolute atomic E-state index is 0.133. The van der Waals surface area contributed by atoms with Crippen molar-refractivity contribution in [3.63, 3.8) is 0 Å². The molecule has 5 nitrogen and oxygen atoms in total. The molecule has 0 radical (unpaired) electrons. The first kappa shape index (κ1) is 17.1. The van der Waals surface area contributed by atoms with Gasteiger partial charge >= 0.3 is 0 Å². The smallest absolute Gasteiger partial charge is 0.255 e. The van der Waals surface area contributed by atoms with Gasteiger partial charge in [-0.05, 0) is 49.9 Å². The summed E-state index contributed by atoms with van der Waals surface area (Å²) < 4.78 is 10.9. The van der Waals surface area contributed by atoms with Crippen LogP contribution in [0, 0.1) is 5.92 Å². The molecule has 1 saturated heterocycles. The van der Waals surface area contributed by atoms with Gasteiger partial charge in [-0.25, -0.2) is 0 Å². The summed E-state index contributed by atoms with van der Waals surface area (Å²) in [5, 5.41) is 3.52. The Morgan fingerprint density at radius 3 is 2.91 bits per heavy atom. The lowest BCUT2D eigenvalue weighted by molar-refractivity contribution is 0.0642. The molecule has 1 amide bonds. The number of halogens is 1. The number of carbonyl (C=O) groups is 1. The number of ether oxygens (including phenoxy) is 2. The Morgan fingerprint density at radius 2 is 2.18 bits per heavy atom. The monoisotopic (exact) mass is 326 g/mol. The zero-order valence-electron chi connectivity index (χ0n) is 12.6. The van der Waals surface area contributed by atoms with Crippen molar-refractivity contribution in [1.29, 1.82) is 0 Å². The molecule has 0 atom stereocenters. The van der Waals surface area contributed by atoms with E-state index in [-0.39, 0.29) is 5.91 Å². The van der Waals surface area contributed by atoms with Crippen molar-refractivity contribution >= 4 is 17.5 Å². The normalized spacial score (nSPS) is 15.5. The fourth-order valence-corrected chi connectivity index (χ4v) is 2.51. The van der Waals surface area contributed by atoms with Crippen LogP contribution in [0.5, 0.6) is 5.75 Å². The summed E-state index contributed by atoms with van der Waals surface area (Å²) in [6.07, 6.45) is 2.71. The number of hydrogen-bond donors (Lipinski definition) is 2. The van der Waals surface area contributed by atoms with Crippen molar-refractivity contribution in [3.8, 4) is 5.75 Å². The Balaban J connectivity index is 1.95. The quantitative estimate of drug-likeness (QED) is 0.754. The van der Waals surface area contributed by atoms with Crippen LogP contribution in [0.3, 0.4) is 0 Å². The third-order valence-corrected chi connectivity index (χ3v) is 3.92. The number of nitrogens with one attached hydrogen (secondary N) is 1. The SMILES string of the molecule is NCCCOc1cc(Cl)ccc1C(=O)NCC1CCOCC1. The van der Waals surface area contributed by atoms with Crippen LogP contribution in [0.4, 0.5) is 0 Å². The molecule has 1 aliphatic rings. The Hall–Kier alpha value is -1.30. The molecule has 1 heterocycles. The van der Waals surface area contributed by atoms with Crippen molar-refractivity contribution in [2.24, 2.45) is 11.7 Å². The summed E-state index contributed by atoms with van der Waals surface area (Å²) in [5.74, 6) is 0.850. The highest BCUT2D eigenvalue weighted by Gasteiger charge is 2.17. The molecule has 2 rings (SSSR count). The number of rotatable bonds is 7. The van der Waals surface area contributed by atoms with Gasteiger partial charge in [0.2, 0.25) is 0 Å². The van der Waals surface area contributed by atoms with Crippen LogP contribution in [0.1, 0.15) is 29.6 Å². The molecule has 122 valence electrons. The van der Waals surface area contributed by atoms with Crippen LogP contribution in [-0.2, 0) is 4.74 Å². The largest absolute Gasteiger partial charge is 0.493 e. The summed E-state index contributed by atoms with van der Waals surface area (Å²) in [6.45, 7) is 3.22. The van der Waals surface area contributed by atoms with Crippen molar-refractivity contribution < 1.29 is 14.3 Å². The van der Waals surface area contributed by atoms with E-state index in [9.17, 15) is 4.79 Å². The van der Waals surface area contributed by atoms with E-state index in [1.165, 1.54) is 0 Å². The third kappa shape index (κ3) is 5.16. The Labute approximate surface area is 136 Å². The van der Waals surface area contributed by atoms with Gasteiger partial charge in [-0.15, -0.1) is 0 Å². The average molecular weight is 327 g/mol. The summed E-state index contributed by atoms with van der Waals surface area (Å²) >= 11 is 5.98. The van der Waals surface area contributed by atoms with Gasteiger partial charge in [-0.2, -0.15) is 0 Å². The summed E-state index contributed by atoms with van der Waals surface area (Å²) in [5.41, 5.74) is 5.96. The number of hydrogen-bond acceptors (Lipinski definition) is 4. The Bertz CT molecular complexity index is 490. The molecule has 0 spiro atoms. The van der Waals surface area contributed by atoms with E-state index >= 15 is 0 Å². The highest BCUT2D eigenvalue weighted by Crippen LogP contribution is 2.24. The summed E-state index contributed by atoms with van der Waals surface area (Å²) in [7, 11) is 0. The Morgan fingerprint density at radius 1 is 1.41 bits per heavy atom. The van der Waals surface area contributed by atoms with Crippen LogP contribution < -0.4 is 15.8 Å². The van der Waals surface area contributed by atoms with Crippen LogP contribution in [0.2, 0.25) is 5.02 Å². The summed E-state index contributed by atoms with van der Waals surface area (Å²) in [4.78, 5) is 12.4. The molecule has 1 aromatic carbocycles. The highest BCUT2D eigenvalue weighted by atomic mass is 35.5. The van der Waals surface area contributed by atoms with Crippen molar-refractivity contribution in [2.45, 2.75) is 19.3 Å². The van der Waals surface area contributed by atoms with Gasteiger partial charge in [0.1, 0.15) is 5.75 Å². The van der Waals surface area contributed by atoms with Gasteiger partial charge in [0, 0.05) is 24.8 Å². The van der Waals surface area contributed by atoms with E-state index < -0.39 is 0 Å². The lowest BCUT2D eigenvalue weighted by Crippen LogP contribution is -2.32. The number of carbonyl (C=O) groups excluding carboxylic acids is 1. The molecule has 0 aromatic heterocycles. The predicted molar refractivity (Wildman–Crippen MR) is 86.5 cm³/mol. The zero-order valence-corrected chi connectivity index (χ0v) is 13.4. The zero-order chi connectivity index (χ0) is 15.8. The highest BCUT2D eigenvalue weighted by molar-refractivity contribution is 6.30. The van der Waals surface area contributed by atoms with E-state index in [2.05, 4.69) is 5.32 Å². The molecule has 22 heavy (non-hydrogen) atoms. The number of amides is 1. The molecule has 0 unspecified atom stereocenters. The molecule has 6 heteroatoms. The maximum atomic E-state index is 12.4. The van der Waals surface area contributed by atoms with Gasteiger partial charge in [0.25, 0.3) is 5.91 Å². The minimum atomic E-state index is -0.133. The molecule has 1 aromatic rings. The van der Waals surface area contributed by atoms with Gasteiger partial charge in [-0.3, -0.25) is 4.79 Å². The van der Waals surface area contributed by atoms with Crippen molar-refractivity contribution in [2.75, 3.05) is 32.9 Å². The topological polar surface area (TPSA) is 73.6 Å².